The number of halogens is 1. The number of fused-ring (bicyclic) bond motifs is 2. The molecule has 4 nitrogen and oxygen atoms in total. The van der Waals surface area contributed by atoms with Crippen LogP contribution in [0.15, 0.2) is 48.5 Å². The smallest absolute Gasteiger partial charge is 0.254 e. The maximum Gasteiger partial charge on any atom is 0.254 e. The number of carbonyl (C=O) groups excluding carboxylic acids is 2. The van der Waals surface area contributed by atoms with Gasteiger partial charge in [0.25, 0.3) is 5.91 Å². The Hall–Kier alpha value is -2.17. The zero-order valence-electron chi connectivity index (χ0n) is 14.5. The van der Waals surface area contributed by atoms with Gasteiger partial charge in [0.2, 0.25) is 0 Å². The summed E-state index contributed by atoms with van der Waals surface area (Å²) >= 11 is 5.91. The number of hydrogen-bond acceptors (Lipinski definition) is 3. The largest absolute Gasteiger partial charge is 0.337 e. The average Bonchev–Trinajstić information content (AvgIpc) is 3.00. The summed E-state index contributed by atoms with van der Waals surface area (Å²) in [6.07, 6.45) is 3.27. The van der Waals surface area contributed by atoms with Gasteiger partial charge in [0.05, 0.1) is 5.56 Å². The number of carbonyl (C=O) groups is 2. The van der Waals surface area contributed by atoms with Crippen LogP contribution in [0.5, 0.6) is 0 Å². The van der Waals surface area contributed by atoms with Crippen LogP contribution < -0.4 is 5.32 Å². The Morgan fingerprint density at radius 2 is 1.62 bits per heavy atom. The van der Waals surface area contributed by atoms with Crippen LogP contribution in [0.4, 0.5) is 0 Å². The normalized spacial score (nSPS) is 22.1. The summed E-state index contributed by atoms with van der Waals surface area (Å²) < 4.78 is 0. The van der Waals surface area contributed by atoms with E-state index in [1.54, 1.807) is 42.5 Å². The highest BCUT2D eigenvalue weighted by Crippen LogP contribution is 2.23. The van der Waals surface area contributed by atoms with Gasteiger partial charge in [-0.2, -0.15) is 0 Å². The summed E-state index contributed by atoms with van der Waals surface area (Å²) in [7, 11) is 0. The van der Waals surface area contributed by atoms with E-state index in [9.17, 15) is 9.59 Å². The Balaban J connectivity index is 1.61. The third-order valence-corrected chi connectivity index (χ3v) is 5.57. The van der Waals surface area contributed by atoms with Gasteiger partial charge in [0.1, 0.15) is 0 Å². The summed E-state index contributed by atoms with van der Waals surface area (Å²) in [4.78, 5) is 28.0. The van der Waals surface area contributed by atoms with Crippen LogP contribution in [0, 0.1) is 0 Å². The fraction of sp³-hybridized carbons (Fsp3) is 0.333. The fourth-order valence-electron chi connectivity index (χ4n) is 3.92. The number of rotatable bonds is 3. The van der Waals surface area contributed by atoms with Crippen molar-refractivity contribution in [2.45, 2.75) is 31.3 Å². The van der Waals surface area contributed by atoms with Gasteiger partial charge in [-0.05, 0) is 49.6 Å². The van der Waals surface area contributed by atoms with E-state index in [1.165, 1.54) is 6.42 Å². The molecule has 1 amide bonds. The van der Waals surface area contributed by atoms with Crippen LogP contribution in [0.2, 0.25) is 5.02 Å². The molecule has 2 aromatic rings. The topological polar surface area (TPSA) is 49.4 Å². The van der Waals surface area contributed by atoms with E-state index in [0.29, 0.717) is 40.3 Å². The highest BCUT2D eigenvalue weighted by atomic mass is 35.5. The van der Waals surface area contributed by atoms with Crippen molar-refractivity contribution >= 4 is 23.3 Å². The van der Waals surface area contributed by atoms with E-state index in [4.69, 9.17) is 11.6 Å². The maximum atomic E-state index is 13.2. The Bertz CT molecular complexity index is 834. The molecule has 5 heteroatoms. The van der Waals surface area contributed by atoms with Gasteiger partial charge in [0.15, 0.2) is 5.78 Å². The number of ketones is 1. The first-order chi connectivity index (χ1) is 12.6. The molecule has 2 saturated heterocycles. The summed E-state index contributed by atoms with van der Waals surface area (Å²) in [6.45, 7) is 1.44. The highest BCUT2D eigenvalue weighted by molar-refractivity contribution is 6.30. The molecule has 1 N–H and O–H groups in total. The van der Waals surface area contributed by atoms with Gasteiger partial charge >= 0.3 is 0 Å². The molecule has 0 spiro atoms. The lowest BCUT2D eigenvalue weighted by atomic mass is 9.97. The number of hydrogen-bond donors (Lipinski definition) is 1. The lowest BCUT2D eigenvalue weighted by Crippen LogP contribution is -2.39. The van der Waals surface area contributed by atoms with Gasteiger partial charge in [-0.1, -0.05) is 29.8 Å². The SMILES string of the molecule is O=C(c1ccc(Cl)cc1)c1ccccc1C(=O)N1CCC2CCC(C1)N2. The van der Waals surface area contributed by atoms with Gasteiger partial charge in [-0.15, -0.1) is 0 Å². The Labute approximate surface area is 158 Å². The van der Waals surface area contributed by atoms with E-state index < -0.39 is 0 Å². The second-order valence-electron chi connectivity index (χ2n) is 7.06. The van der Waals surface area contributed by atoms with Gasteiger partial charge in [-0.25, -0.2) is 0 Å². The van der Waals surface area contributed by atoms with Crippen molar-refractivity contribution < 1.29 is 9.59 Å². The van der Waals surface area contributed by atoms with Crippen LogP contribution in [0.1, 0.15) is 45.5 Å². The zero-order valence-corrected chi connectivity index (χ0v) is 15.2. The quantitative estimate of drug-likeness (QED) is 0.843. The van der Waals surface area contributed by atoms with Crippen molar-refractivity contribution in [2.24, 2.45) is 0 Å². The lowest BCUT2D eigenvalue weighted by Gasteiger charge is -2.25. The Morgan fingerprint density at radius 3 is 2.38 bits per heavy atom. The lowest BCUT2D eigenvalue weighted by molar-refractivity contribution is 0.0744. The molecule has 0 saturated carbocycles. The molecular formula is C21H21ClN2O2. The maximum absolute atomic E-state index is 13.2. The molecule has 2 aliphatic rings. The predicted molar refractivity (Wildman–Crippen MR) is 102 cm³/mol. The van der Waals surface area contributed by atoms with Gasteiger partial charge in [0, 0.05) is 41.3 Å². The molecule has 0 aliphatic carbocycles. The number of likely N-dealkylation sites (tertiary alicyclic amines) is 1. The van der Waals surface area contributed by atoms with Crippen LogP contribution in [0.3, 0.4) is 0 Å². The molecular weight excluding hydrogens is 348 g/mol. The molecule has 26 heavy (non-hydrogen) atoms. The van der Waals surface area contributed by atoms with Crippen molar-refractivity contribution in [3.05, 3.63) is 70.2 Å². The Kier molecular flexibility index (Phi) is 4.79. The van der Waals surface area contributed by atoms with Crippen LogP contribution >= 0.6 is 11.6 Å². The predicted octanol–water partition coefficient (Wildman–Crippen LogP) is 3.54. The van der Waals surface area contributed by atoms with E-state index in [0.717, 1.165) is 19.4 Å². The monoisotopic (exact) mass is 368 g/mol. The number of amides is 1. The minimum absolute atomic E-state index is 0.0581. The number of nitrogens with zero attached hydrogens (tertiary/aromatic N) is 1. The zero-order chi connectivity index (χ0) is 18.1. The van der Waals surface area contributed by atoms with E-state index >= 15 is 0 Å². The molecule has 0 aromatic heterocycles. The first kappa shape index (κ1) is 17.3. The molecule has 0 radical (unpaired) electrons. The molecule has 2 aliphatic heterocycles. The molecule has 4 rings (SSSR count). The van der Waals surface area contributed by atoms with Crippen molar-refractivity contribution in [1.82, 2.24) is 10.2 Å². The fourth-order valence-corrected chi connectivity index (χ4v) is 4.05. The second-order valence-corrected chi connectivity index (χ2v) is 7.50. The number of benzene rings is 2. The van der Waals surface area contributed by atoms with Crippen molar-refractivity contribution in [3.63, 3.8) is 0 Å². The van der Waals surface area contributed by atoms with Crippen LogP contribution in [-0.2, 0) is 0 Å². The molecule has 2 fully saturated rings. The summed E-state index contributed by atoms with van der Waals surface area (Å²) in [6, 6.07) is 14.7. The van der Waals surface area contributed by atoms with Gasteiger partial charge in [-0.3, -0.25) is 9.59 Å². The van der Waals surface area contributed by atoms with Gasteiger partial charge < -0.3 is 10.2 Å². The minimum Gasteiger partial charge on any atom is -0.337 e. The second kappa shape index (κ2) is 7.22. The first-order valence-corrected chi connectivity index (χ1v) is 9.44. The Morgan fingerprint density at radius 1 is 0.923 bits per heavy atom. The first-order valence-electron chi connectivity index (χ1n) is 9.06. The van der Waals surface area contributed by atoms with Crippen molar-refractivity contribution in [2.75, 3.05) is 13.1 Å². The summed E-state index contributed by atoms with van der Waals surface area (Å²) in [5.74, 6) is -0.211. The third-order valence-electron chi connectivity index (χ3n) is 5.32. The highest BCUT2D eigenvalue weighted by Gasteiger charge is 2.32. The molecule has 2 unspecified atom stereocenters. The van der Waals surface area contributed by atoms with Crippen molar-refractivity contribution in [3.8, 4) is 0 Å². The average molecular weight is 369 g/mol. The number of nitrogens with one attached hydrogen (secondary N) is 1. The molecule has 134 valence electrons. The van der Waals surface area contributed by atoms with Crippen LogP contribution in [0.25, 0.3) is 0 Å². The standard InChI is InChI=1S/C21H21ClN2O2/c22-15-7-5-14(6-8-15)20(25)18-3-1-2-4-19(18)21(26)24-12-11-16-9-10-17(13-24)23-16/h1-8,16-17,23H,9-13H2. The molecule has 2 atom stereocenters. The third kappa shape index (κ3) is 3.39. The van der Waals surface area contributed by atoms with E-state index in [-0.39, 0.29) is 11.7 Å². The van der Waals surface area contributed by atoms with Crippen LogP contribution in [-0.4, -0.2) is 41.8 Å². The molecule has 2 aromatic carbocycles. The summed E-state index contributed by atoms with van der Waals surface area (Å²) in [5.41, 5.74) is 1.46. The molecule has 2 bridgehead atoms. The molecule has 2 heterocycles. The van der Waals surface area contributed by atoms with E-state index in [1.807, 2.05) is 11.0 Å². The summed E-state index contributed by atoms with van der Waals surface area (Å²) in [5, 5.41) is 4.17. The minimum atomic E-state index is -0.153. The van der Waals surface area contributed by atoms with E-state index in [2.05, 4.69) is 5.32 Å². The van der Waals surface area contributed by atoms with Crippen molar-refractivity contribution in [1.29, 1.82) is 0 Å².